The van der Waals surface area contributed by atoms with Crippen LogP contribution in [0, 0.1) is 5.92 Å². The number of rotatable bonds is 5. The van der Waals surface area contributed by atoms with Crippen LogP contribution in [0.2, 0.25) is 12.1 Å². The first-order valence-corrected chi connectivity index (χ1v) is 14.7. The van der Waals surface area contributed by atoms with Gasteiger partial charge in [-0.25, -0.2) is 0 Å². The van der Waals surface area contributed by atoms with Gasteiger partial charge in [-0.1, -0.05) is 0 Å². The molecule has 1 aliphatic rings. The molecule has 131 valence electrons. The second-order valence-corrected chi connectivity index (χ2v) is 19.1. The van der Waals surface area contributed by atoms with Crippen molar-refractivity contribution in [3.05, 3.63) is 20.6 Å². The number of allylic oxidation sites excluding steroid dienone is 4. The van der Waals surface area contributed by atoms with E-state index in [4.69, 9.17) is 0 Å². The Bertz CT molecular complexity index is 423. The first-order valence-electron chi connectivity index (χ1n) is 8.17. The van der Waals surface area contributed by atoms with Crippen molar-refractivity contribution in [2.24, 2.45) is 5.92 Å². The predicted molar refractivity (Wildman–Crippen MR) is 106 cm³/mol. The van der Waals surface area contributed by atoms with E-state index in [0.717, 1.165) is 0 Å². The fourth-order valence-electron chi connectivity index (χ4n) is 3.29. The van der Waals surface area contributed by atoms with Crippen molar-refractivity contribution in [2.75, 3.05) is 0 Å². The summed E-state index contributed by atoms with van der Waals surface area (Å²) in [5, 5.41) is 0. The second kappa shape index (κ2) is 10.1. The van der Waals surface area contributed by atoms with Crippen molar-refractivity contribution in [3.63, 3.8) is 0 Å². The van der Waals surface area contributed by atoms with Crippen molar-refractivity contribution >= 4 is 31.5 Å². The zero-order chi connectivity index (χ0) is 15.7. The summed E-state index contributed by atoms with van der Waals surface area (Å²) >= 11 is -1.32. The maximum atomic E-state index is 4.15. The Morgan fingerprint density at radius 1 is 1.00 bits per heavy atom. The number of nitrogens with one attached hydrogen (secondary N) is 1. The molecule has 5 heteroatoms. The molecule has 0 aromatic rings. The zero-order valence-corrected chi connectivity index (χ0v) is 20.2. The van der Waals surface area contributed by atoms with E-state index in [2.05, 4.69) is 66.1 Å². The van der Waals surface area contributed by atoms with Gasteiger partial charge in [-0.05, 0) is 0 Å². The Morgan fingerprint density at radius 2 is 1.45 bits per heavy atom. The van der Waals surface area contributed by atoms with Crippen LogP contribution in [-0.2, 0) is 17.4 Å². The summed E-state index contributed by atoms with van der Waals surface area (Å²) in [6.45, 7) is 20.8. The van der Waals surface area contributed by atoms with Gasteiger partial charge in [-0.3, -0.25) is 0 Å². The molecule has 0 fully saturated rings. The minimum Gasteiger partial charge on any atom is -0.147 e. The van der Waals surface area contributed by atoms with Crippen molar-refractivity contribution in [2.45, 2.75) is 79.9 Å². The normalized spacial score (nSPS) is 18.5. The zero-order valence-electron chi connectivity index (χ0n) is 15.9. The van der Waals surface area contributed by atoms with Gasteiger partial charge in [0, 0.05) is 0 Å². The maximum Gasteiger partial charge on any atom is -0.147 e. The molecule has 0 spiro atoms. The van der Waals surface area contributed by atoms with Gasteiger partial charge in [0.15, 0.2) is 0 Å². The van der Waals surface area contributed by atoms with Gasteiger partial charge >= 0.3 is 134 Å². The molecule has 0 aliphatic heterocycles. The summed E-state index contributed by atoms with van der Waals surface area (Å²) in [6.07, 6.45) is 0. The van der Waals surface area contributed by atoms with Gasteiger partial charge in [0.2, 0.25) is 0 Å². The molecule has 0 saturated carbocycles. The summed E-state index contributed by atoms with van der Waals surface area (Å²) in [5.74, 6) is 0.702. The molecule has 22 heavy (non-hydrogen) atoms. The summed E-state index contributed by atoms with van der Waals surface area (Å²) in [6, 6.07) is 2.91. The topological polar surface area (TPSA) is 12.0 Å². The summed E-state index contributed by atoms with van der Waals surface area (Å²) in [5.41, 5.74) is 5.11. The van der Waals surface area contributed by atoms with Gasteiger partial charge in [-0.15, -0.1) is 24.8 Å². The van der Waals surface area contributed by atoms with Gasteiger partial charge < -0.3 is 0 Å². The molecule has 0 amide bonds. The molecule has 1 unspecified atom stereocenters. The van der Waals surface area contributed by atoms with Crippen LogP contribution in [0.5, 0.6) is 0 Å². The van der Waals surface area contributed by atoms with E-state index < -0.39 is 24.0 Å². The average molecular weight is 401 g/mol. The molecule has 0 aromatic heterocycles. The third-order valence-corrected chi connectivity index (χ3v) is 20.9. The number of hydrogen-bond acceptors (Lipinski definition) is 1. The van der Waals surface area contributed by atoms with Gasteiger partial charge in [-0.2, -0.15) is 0 Å². The SMILES string of the molecule is CC[SiH](CC)[Ti]([NH]C(C)(C)C)[C]1=C(C)C(C)=C(C)C1C.Cl.Cl. The molecule has 0 aromatic carbocycles. The standard InChI is InChI=1S/C9H13.C4H10N.C4H11Si.2ClH.Ti/c1-6-5-7(2)9(4)8(6)3;1-4(2,3)5;1-3-5-4-2;;;/h6H,1-4H3;5H,1-3H3;5H,3-4H2,1-2H3;2*1H;/q;-1;;;;+1. The Kier molecular flexibility index (Phi) is 11.5. The van der Waals surface area contributed by atoms with Crippen LogP contribution in [0.15, 0.2) is 20.6 Å². The van der Waals surface area contributed by atoms with E-state index in [1.807, 2.05) is 3.88 Å². The largest absolute Gasteiger partial charge is 0.147 e. The van der Waals surface area contributed by atoms with Crippen molar-refractivity contribution in [3.8, 4) is 0 Å². The number of hydrogen-bond donors (Lipinski definition) is 1. The van der Waals surface area contributed by atoms with Crippen LogP contribution in [0.3, 0.4) is 0 Å². The van der Waals surface area contributed by atoms with Gasteiger partial charge in [0.1, 0.15) is 0 Å². The molecular weight excluding hydrogens is 365 g/mol. The fraction of sp³-hybridized carbons (Fsp3) is 0.765. The van der Waals surface area contributed by atoms with Crippen molar-refractivity contribution < 1.29 is 17.4 Å². The molecule has 0 radical (unpaired) electrons. The Labute approximate surface area is 158 Å². The first kappa shape index (κ1) is 25.2. The molecule has 1 N–H and O–H groups in total. The molecule has 0 bridgehead atoms. The van der Waals surface area contributed by atoms with Gasteiger partial charge in [0.05, 0.1) is 0 Å². The van der Waals surface area contributed by atoms with Crippen LogP contribution >= 0.6 is 24.8 Å². The number of halogens is 2. The third kappa shape index (κ3) is 5.79. The van der Waals surface area contributed by atoms with Crippen LogP contribution in [-0.4, -0.2) is 12.2 Å². The Morgan fingerprint density at radius 3 is 1.73 bits per heavy atom. The molecule has 1 atom stereocenters. The quantitative estimate of drug-likeness (QED) is 0.577. The Balaban J connectivity index is 0. The Hall–Kier alpha value is 0.951. The fourth-order valence-corrected chi connectivity index (χ4v) is 19.3. The predicted octanol–water partition coefficient (Wildman–Crippen LogP) is 5.78. The average Bonchev–Trinajstić information content (AvgIpc) is 2.53. The van der Waals surface area contributed by atoms with E-state index in [1.54, 1.807) is 16.7 Å². The van der Waals surface area contributed by atoms with Gasteiger partial charge in [0.25, 0.3) is 0 Å². The molecule has 0 heterocycles. The molecule has 1 nitrogen and oxygen atoms in total. The molecule has 1 rings (SSSR count). The van der Waals surface area contributed by atoms with Crippen molar-refractivity contribution in [1.29, 1.82) is 0 Å². The second-order valence-electron chi connectivity index (χ2n) is 7.37. The van der Waals surface area contributed by atoms with Crippen LogP contribution < -0.4 is 3.80 Å². The minimum absolute atomic E-state index is 0. The van der Waals surface area contributed by atoms with E-state index in [-0.39, 0.29) is 30.4 Å². The maximum absolute atomic E-state index is 4.15. The minimum atomic E-state index is -1.32. The summed E-state index contributed by atoms with van der Waals surface area (Å²) in [7, 11) is 0. The molecular formula is C17H36Cl2NSiTi. The first-order chi connectivity index (χ1) is 9.14. The van der Waals surface area contributed by atoms with Crippen LogP contribution in [0.1, 0.15) is 62.3 Å². The van der Waals surface area contributed by atoms with E-state index in [0.29, 0.717) is 5.92 Å². The van der Waals surface area contributed by atoms with Crippen LogP contribution in [0.4, 0.5) is 0 Å². The van der Waals surface area contributed by atoms with Crippen LogP contribution in [0.25, 0.3) is 0 Å². The van der Waals surface area contributed by atoms with E-state index >= 15 is 0 Å². The van der Waals surface area contributed by atoms with E-state index in [1.165, 1.54) is 12.1 Å². The summed E-state index contributed by atoms with van der Waals surface area (Å²) < 4.78 is 6.02. The smallest absolute Gasteiger partial charge is 0.147 e. The molecule has 0 saturated heterocycles. The summed E-state index contributed by atoms with van der Waals surface area (Å²) in [4.78, 5) is 0. The van der Waals surface area contributed by atoms with E-state index in [9.17, 15) is 0 Å². The van der Waals surface area contributed by atoms with Crippen molar-refractivity contribution in [1.82, 2.24) is 3.80 Å². The monoisotopic (exact) mass is 400 g/mol. The third-order valence-electron chi connectivity index (χ3n) is 4.83. The molecule has 1 aliphatic carbocycles.